The van der Waals surface area contributed by atoms with E-state index in [1.807, 2.05) is 6.08 Å². The Bertz CT molecular complexity index is 288. The van der Waals surface area contributed by atoms with Crippen molar-refractivity contribution in [2.45, 2.75) is 33.2 Å². The van der Waals surface area contributed by atoms with Gasteiger partial charge in [0.05, 0.1) is 5.75 Å². The molecule has 0 saturated heterocycles. The van der Waals surface area contributed by atoms with Crippen molar-refractivity contribution in [3.63, 3.8) is 0 Å². The SMILES string of the molecule is C=CCC(C)C(C)NCCNS(=O)(=O)CC. The highest BCUT2D eigenvalue weighted by Gasteiger charge is 2.10. The first-order chi connectivity index (χ1) is 7.43. The summed E-state index contributed by atoms with van der Waals surface area (Å²) in [4.78, 5) is 0. The lowest BCUT2D eigenvalue weighted by Gasteiger charge is -2.20. The van der Waals surface area contributed by atoms with Crippen LogP contribution in [0.5, 0.6) is 0 Å². The molecule has 5 heteroatoms. The fourth-order valence-electron chi connectivity index (χ4n) is 1.28. The summed E-state index contributed by atoms with van der Waals surface area (Å²) in [5.74, 6) is 0.648. The molecule has 96 valence electrons. The molecular weight excluding hydrogens is 224 g/mol. The van der Waals surface area contributed by atoms with E-state index in [1.54, 1.807) is 6.92 Å². The molecule has 2 N–H and O–H groups in total. The monoisotopic (exact) mass is 248 g/mol. The maximum atomic E-state index is 11.1. The van der Waals surface area contributed by atoms with Gasteiger partial charge in [-0.15, -0.1) is 6.58 Å². The van der Waals surface area contributed by atoms with E-state index >= 15 is 0 Å². The van der Waals surface area contributed by atoms with Gasteiger partial charge in [0.1, 0.15) is 0 Å². The largest absolute Gasteiger partial charge is 0.313 e. The van der Waals surface area contributed by atoms with E-state index in [4.69, 9.17) is 0 Å². The van der Waals surface area contributed by atoms with Gasteiger partial charge in [0.25, 0.3) is 0 Å². The zero-order chi connectivity index (χ0) is 12.6. The third-order valence-corrected chi connectivity index (χ3v) is 4.09. The summed E-state index contributed by atoms with van der Waals surface area (Å²) in [6.07, 6.45) is 2.87. The van der Waals surface area contributed by atoms with E-state index in [9.17, 15) is 8.42 Å². The summed E-state index contributed by atoms with van der Waals surface area (Å²) in [6, 6.07) is 0.365. The fraction of sp³-hybridized carbons (Fsp3) is 0.818. The van der Waals surface area contributed by atoms with Gasteiger partial charge >= 0.3 is 0 Å². The molecule has 0 aliphatic carbocycles. The highest BCUT2D eigenvalue weighted by atomic mass is 32.2. The van der Waals surface area contributed by atoms with E-state index < -0.39 is 10.0 Å². The lowest BCUT2D eigenvalue weighted by Crippen LogP contribution is -2.38. The van der Waals surface area contributed by atoms with Crippen LogP contribution in [0.15, 0.2) is 12.7 Å². The quantitative estimate of drug-likeness (QED) is 0.475. The van der Waals surface area contributed by atoms with Crippen molar-refractivity contribution < 1.29 is 8.42 Å². The van der Waals surface area contributed by atoms with Crippen LogP contribution in [0.2, 0.25) is 0 Å². The van der Waals surface area contributed by atoms with Crippen LogP contribution in [-0.2, 0) is 10.0 Å². The van der Waals surface area contributed by atoms with Crippen LogP contribution in [0.4, 0.5) is 0 Å². The van der Waals surface area contributed by atoms with Crippen molar-refractivity contribution in [1.82, 2.24) is 10.0 Å². The van der Waals surface area contributed by atoms with E-state index in [-0.39, 0.29) is 5.75 Å². The Morgan fingerprint density at radius 3 is 2.44 bits per heavy atom. The van der Waals surface area contributed by atoms with E-state index in [1.165, 1.54) is 0 Å². The number of allylic oxidation sites excluding steroid dienone is 1. The number of hydrogen-bond donors (Lipinski definition) is 2. The third kappa shape index (κ3) is 6.98. The summed E-state index contributed by atoms with van der Waals surface area (Å²) in [6.45, 7) is 10.7. The molecule has 0 bridgehead atoms. The van der Waals surface area contributed by atoms with Gasteiger partial charge in [-0.2, -0.15) is 0 Å². The average molecular weight is 248 g/mol. The molecule has 0 amide bonds. The topological polar surface area (TPSA) is 58.2 Å². The Morgan fingerprint density at radius 2 is 1.94 bits per heavy atom. The summed E-state index contributed by atoms with van der Waals surface area (Å²) in [7, 11) is -3.05. The van der Waals surface area contributed by atoms with Gasteiger partial charge in [-0.05, 0) is 26.2 Å². The first-order valence-electron chi connectivity index (χ1n) is 5.74. The molecule has 0 aliphatic heterocycles. The minimum Gasteiger partial charge on any atom is -0.313 e. The molecule has 16 heavy (non-hydrogen) atoms. The van der Waals surface area contributed by atoms with Crippen LogP contribution >= 0.6 is 0 Å². The van der Waals surface area contributed by atoms with Gasteiger partial charge in [0, 0.05) is 19.1 Å². The number of sulfonamides is 1. The molecular formula is C11H24N2O2S. The summed E-state index contributed by atoms with van der Waals surface area (Å²) in [5.41, 5.74) is 0. The fourth-order valence-corrected chi connectivity index (χ4v) is 1.89. The van der Waals surface area contributed by atoms with E-state index in [0.717, 1.165) is 6.42 Å². The standard InChI is InChI=1S/C11H24N2O2S/c1-5-7-10(3)11(4)12-8-9-13-16(14,15)6-2/h5,10-13H,1,6-9H2,2-4H3. The highest BCUT2D eigenvalue weighted by molar-refractivity contribution is 7.89. The van der Waals surface area contributed by atoms with Crippen molar-refractivity contribution in [1.29, 1.82) is 0 Å². The van der Waals surface area contributed by atoms with Crippen LogP contribution in [0.3, 0.4) is 0 Å². The van der Waals surface area contributed by atoms with Crippen molar-refractivity contribution in [3.8, 4) is 0 Å². The third-order valence-electron chi connectivity index (χ3n) is 2.69. The molecule has 0 saturated carbocycles. The molecule has 0 spiro atoms. The summed E-state index contributed by atoms with van der Waals surface area (Å²) in [5, 5.41) is 3.29. The van der Waals surface area contributed by atoms with Gasteiger partial charge in [0.15, 0.2) is 0 Å². The Balaban J connectivity index is 3.70. The number of hydrogen-bond acceptors (Lipinski definition) is 3. The zero-order valence-corrected chi connectivity index (χ0v) is 11.3. The van der Waals surface area contributed by atoms with Crippen molar-refractivity contribution in [2.75, 3.05) is 18.8 Å². The Morgan fingerprint density at radius 1 is 1.31 bits per heavy atom. The average Bonchev–Trinajstić information content (AvgIpc) is 2.24. The molecule has 4 nitrogen and oxygen atoms in total. The molecule has 0 radical (unpaired) electrons. The number of nitrogens with one attached hydrogen (secondary N) is 2. The van der Waals surface area contributed by atoms with E-state index in [2.05, 4.69) is 30.5 Å². The molecule has 2 atom stereocenters. The molecule has 0 heterocycles. The Labute approximate surface area is 99.6 Å². The second-order valence-electron chi connectivity index (χ2n) is 4.04. The highest BCUT2D eigenvalue weighted by Crippen LogP contribution is 2.07. The molecule has 0 aromatic rings. The van der Waals surface area contributed by atoms with Gasteiger partial charge in [-0.25, -0.2) is 13.1 Å². The Hall–Kier alpha value is -0.390. The lowest BCUT2D eigenvalue weighted by molar-refractivity contribution is 0.405. The summed E-state index contributed by atoms with van der Waals surface area (Å²) >= 11 is 0. The van der Waals surface area contributed by atoms with Crippen molar-refractivity contribution in [2.24, 2.45) is 5.92 Å². The van der Waals surface area contributed by atoms with Crippen LogP contribution in [0.25, 0.3) is 0 Å². The molecule has 0 aromatic carbocycles. The lowest BCUT2D eigenvalue weighted by atomic mass is 10.00. The first-order valence-corrected chi connectivity index (χ1v) is 7.39. The van der Waals surface area contributed by atoms with Gasteiger partial charge < -0.3 is 5.32 Å². The van der Waals surface area contributed by atoms with Gasteiger partial charge in [-0.1, -0.05) is 13.0 Å². The van der Waals surface area contributed by atoms with E-state index in [0.29, 0.717) is 25.0 Å². The smallest absolute Gasteiger partial charge is 0.211 e. The summed E-state index contributed by atoms with van der Waals surface area (Å²) < 4.78 is 24.8. The van der Waals surface area contributed by atoms with Crippen LogP contribution in [-0.4, -0.2) is 33.3 Å². The second-order valence-corrected chi connectivity index (χ2v) is 6.14. The molecule has 2 unspecified atom stereocenters. The predicted molar refractivity (Wildman–Crippen MR) is 68.9 cm³/mol. The number of rotatable bonds is 9. The zero-order valence-electron chi connectivity index (χ0n) is 10.5. The molecule has 0 aliphatic rings. The van der Waals surface area contributed by atoms with Crippen LogP contribution in [0, 0.1) is 5.92 Å². The van der Waals surface area contributed by atoms with Gasteiger partial charge in [-0.3, -0.25) is 0 Å². The molecule has 0 rings (SSSR count). The second kappa shape index (κ2) is 7.81. The minimum absolute atomic E-state index is 0.134. The maximum Gasteiger partial charge on any atom is 0.211 e. The molecule has 0 fully saturated rings. The van der Waals surface area contributed by atoms with Crippen LogP contribution < -0.4 is 10.0 Å². The minimum atomic E-state index is -3.05. The van der Waals surface area contributed by atoms with Crippen LogP contribution in [0.1, 0.15) is 27.2 Å². The predicted octanol–water partition coefficient (Wildman–Crippen LogP) is 1.12. The normalized spacial score (nSPS) is 15.7. The van der Waals surface area contributed by atoms with Gasteiger partial charge in [0.2, 0.25) is 10.0 Å². The first kappa shape index (κ1) is 15.6. The van der Waals surface area contributed by atoms with Crippen molar-refractivity contribution in [3.05, 3.63) is 12.7 Å². The maximum absolute atomic E-state index is 11.1. The Kier molecular flexibility index (Phi) is 7.62. The molecule has 0 aromatic heterocycles. The van der Waals surface area contributed by atoms with Crippen molar-refractivity contribution >= 4 is 10.0 Å².